The topological polar surface area (TPSA) is 72.1 Å². The Bertz CT molecular complexity index is 997. The van der Waals surface area contributed by atoms with Gasteiger partial charge < -0.3 is 9.32 Å². The zero-order chi connectivity index (χ0) is 19.1. The summed E-state index contributed by atoms with van der Waals surface area (Å²) in [7, 11) is 0. The van der Waals surface area contributed by atoms with E-state index in [1.165, 1.54) is 28.7 Å². The number of amides is 1. The maximum Gasteiger partial charge on any atom is 0.277 e. The summed E-state index contributed by atoms with van der Waals surface area (Å²) in [6.07, 6.45) is 0.883. The SMILES string of the molecule is Cc1nc(C)c(-c2nnc(S[C@H](C)C(=O)N3c4ccccc4C[C@H]3C)o2)s1. The van der Waals surface area contributed by atoms with Gasteiger partial charge in [0.1, 0.15) is 4.88 Å². The van der Waals surface area contributed by atoms with E-state index in [1.54, 1.807) is 0 Å². The molecular formula is C19H20N4O2S2. The summed E-state index contributed by atoms with van der Waals surface area (Å²) in [5, 5.41) is 9.27. The molecule has 0 saturated heterocycles. The molecule has 4 rings (SSSR count). The number of thiazole rings is 1. The molecule has 2 atom stereocenters. The van der Waals surface area contributed by atoms with Crippen LogP contribution in [0.4, 0.5) is 5.69 Å². The Balaban J connectivity index is 1.51. The summed E-state index contributed by atoms with van der Waals surface area (Å²) < 4.78 is 5.78. The van der Waals surface area contributed by atoms with E-state index in [0.29, 0.717) is 11.1 Å². The van der Waals surface area contributed by atoms with Crippen LogP contribution in [0.1, 0.15) is 30.1 Å². The highest BCUT2D eigenvalue weighted by Crippen LogP contribution is 2.36. The Labute approximate surface area is 166 Å². The van der Waals surface area contributed by atoms with Crippen LogP contribution in [0.3, 0.4) is 0 Å². The third-order valence-corrected chi connectivity index (χ3v) is 6.56. The van der Waals surface area contributed by atoms with Crippen LogP contribution in [-0.4, -0.2) is 32.4 Å². The summed E-state index contributed by atoms with van der Waals surface area (Å²) in [6.45, 7) is 7.83. The lowest BCUT2D eigenvalue weighted by atomic mass is 10.1. The normalized spacial score (nSPS) is 17.2. The van der Waals surface area contributed by atoms with Crippen LogP contribution in [0.2, 0.25) is 0 Å². The maximum absolute atomic E-state index is 13.1. The van der Waals surface area contributed by atoms with Crippen molar-refractivity contribution in [3.63, 3.8) is 0 Å². The van der Waals surface area contributed by atoms with Gasteiger partial charge in [-0.15, -0.1) is 21.5 Å². The molecule has 0 aliphatic carbocycles. The number of hydrogen-bond donors (Lipinski definition) is 0. The van der Waals surface area contributed by atoms with Crippen molar-refractivity contribution in [1.82, 2.24) is 15.2 Å². The molecule has 3 aromatic rings. The third-order valence-electron chi connectivity index (χ3n) is 4.57. The molecule has 1 aliphatic heterocycles. The van der Waals surface area contributed by atoms with Crippen molar-refractivity contribution < 1.29 is 9.21 Å². The van der Waals surface area contributed by atoms with Gasteiger partial charge in [-0.1, -0.05) is 30.0 Å². The van der Waals surface area contributed by atoms with E-state index in [9.17, 15) is 4.79 Å². The molecule has 1 aliphatic rings. The second kappa shape index (κ2) is 7.09. The Morgan fingerprint density at radius 1 is 1.33 bits per heavy atom. The minimum Gasteiger partial charge on any atom is -0.410 e. The Hall–Kier alpha value is -2.19. The van der Waals surface area contributed by atoms with Crippen LogP contribution in [-0.2, 0) is 11.2 Å². The molecule has 27 heavy (non-hydrogen) atoms. The van der Waals surface area contributed by atoms with Crippen LogP contribution in [0.5, 0.6) is 0 Å². The van der Waals surface area contributed by atoms with Crippen LogP contribution >= 0.6 is 23.1 Å². The molecule has 6 nitrogen and oxygen atoms in total. The number of para-hydroxylation sites is 1. The van der Waals surface area contributed by atoms with E-state index in [4.69, 9.17) is 4.42 Å². The van der Waals surface area contributed by atoms with Gasteiger partial charge in [-0.05, 0) is 45.7 Å². The Kier molecular flexibility index (Phi) is 4.77. The van der Waals surface area contributed by atoms with Crippen LogP contribution in [0.15, 0.2) is 33.9 Å². The monoisotopic (exact) mass is 400 g/mol. The zero-order valence-electron chi connectivity index (χ0n) is 15.6. The zero-order valence-corrected chi connectivity index (χ0v) is 17.2. The van der Waals surface area contributed by atoms with Gasteiger partial charge in [-0.2, -0.15) is 0 Å². The quantitative estimate of drug-likeness (QED) is 0.609. The standard InChI is InChI=1S/C19H20N4O2S2/c1-10-9-14-7-5-6-8-15(14)23(10)18(24)12(3)26-19-22-21-17(25-19)16-11(2)20-13(4)27-16/h5-8,10,12H,9H2,1-4H3/t10-,12-/m1/s1. The number of carbonyl (C=O) groups is 1. The number of rotatable bonds is 4. The largest absolute Gasteiger partial charge is 0.410 e. The number of hydrogen-bond acceptors (Lipinski definition) is 7. The predicted octanol–water partition coefficient (Wildman–Crippen LogP) is 4.27. The fourth-order valence-corrected chi connectivity index (χ4v) is 4.95. The number of aryl methyl sites for hydroxylation is 2. The molecule has 1 amide bonds. The van der Waals surface area contributed by atoms with Gasteiger partial charge in [-0.3, -0.25) is 4.79 Å². The minimum atomic E-state index is -0.323. The molecule has 3 heterocycles. The third kappa shape index (κ3) is 3.39. The molecule has 0 fully saturated rings. The van der Waals surface area contributed by atoms with Crippen molar-refractivity contribution in [3.05, 3.63) is 40.5 Å². The number of thioether (sulfide) groups is 1. The van der Waals surface area contributed by atoms with E-state index in [-0.39, 0.29) is 17.2 Å². The van der Waals surface area contributed by atoms with Crippen molar-refractivity contribution in [2.24, 2.45) is 0 Å². The fourth-order valence-electron chi connectivity index (χ4n) is 3.38. The Morgan fingerprint density at radius 2 is 2.11 bits per heavy atom. The first kappa shape index (κ1) is 18.2. The molecule has 0 bridgehead atoms. The number of carbonyl (C=O) groups excluding carboxylic acids is 1. The number of nitrogens with zero attached hydrogens (tertiary/aromatic N) is 4. The van der Waals surface area contributed by atoms with Gasteiger partial charge in [0.2, 0.25) is 5.91 Å². The summed E-state index contributed by atoms with van der Waals surface area (Å²) in [4.78, 5) is 20.2. The second-order valence-corrected chi connectivity index (χ2v) is 9.17. The summed E-state index contributed by atoms with van der Waals surface area (Å²) in [5.41, 5.74) is 3.10. The second-order valence-electron chi connectivity index (χ2n) is 6.67. The number of anilines is 1. The molecule has 1 aromatic carbocycles. The summed E-state index contributed by atoms with van der Waals surface area (Å²) >= 11 is 2.82. The molecule has 140 valence electrons. The molecule has 0 N–H and O–H groups in total. The van der Waals surface area contributed by atoms with Crippen LogP contribution in [0.25, 0.3) is 10.8 Å². The van der Waals surface area contributed by atoms with Crippen molar-refractivity contribution >= 4 is 34.7 Å². The van der Waals surface area contributed by atoms with Crippen molar-refractivity contribution in [3.8, 4) is 10.8 Å². The Morgan fingerprint density at radius 3 is 2.85 bits per heavy atom. The predicted molar refractivity (Wildman–Crippen MR) is 107 cm³/mol. The molecule has 0 saturated carbocycles. The van der Waals surface area contributed by atoms with E-state index in [0.717, 1.165) is 27.7 Å². The first-order valence-corrected chi connectivity index (χ1v) is 10.5. The van der Waals surface area contributed by atoms with Gasteiger partial charge in [-0.25, -0.2) is 4.98 Å². The molecule has 2 aromatic heterocycles. The first-order chi connectivity index (χ1) is 12.9. The summed E-state index contributed by atoms with van der Waals surface area (Å²) in [5.74, 6) is 0.516. The van der Waals surface area contributed by atoms with Gasteiger partial charge in [0.15, 0.2) is 0 Å². The highest BCUT2D eigenvalue weighted by molar-refractivity contribution is 8.00. The van der Waals surface area contributed by atoms with Gasteiger partial charge in [0.05, 0.1) is 16.0 Å². The molecule has 8 heteroatoms. The molecule has 0 spiro atoms. The fraction of sp³-hybridized carbons (Fsp3) is 0.368. The van der Waals surface area contributed by atoms with Crippen molar-refractivity contribution in [2.75, 3.05) is 4.90 Å². The van der Waals surface area contributed by atoms with Gasteiger partial charge in [0.25, 0.3) is 11.1 Å². The average Bonchev–Trinajstić information content (AvgIpc) is 3.30. The van der Waals surface area contributed by atoms with Crippen LogP contribution in [0, 0.1) is 13.8 Å². The van der Waals surface area contributed by atoms with Crippen LogP contribution < -0.4 is 4.90 Å². The van der Waals surface area contributed by atoms with Crippen molar-refractivity contribution in [2.45, 2.75) is 50.6 Å². The molecule has 0 unspecified atom stereocenters. The molecular weight excluding hydrogens is 380 g/mol. The molecule has 0 radical (unpaired) electrons. The smallest absolute Gasteiger partial charge is 0.277 e. The summed E-state index contributed by atoms with van der Waals surface area (Å²) in [6, 6.07) is 8.23. The van der Waals surface area contributed by atoms with Gasteiger partial charge in [0, 0.05) is 11.7 Å². The highest BCUT2D eigenvalue weighted by atomic mass is 32.2. The number of benzene rings is 1. The highest BCUT2D eigenvalue weighted by Gasteiger charge is 2.34. The maximum atomic E-state index is 13.1. The van der Waals surface area contributed by atoms with E-state index >= 15 is 0 Å². The number of aromatic nitrogens is 3. The van der Waals surface area contributed by atoms with E-state index in [2.05, 4.69) is 28.2 Å². The van der Waals surface area contributed by atoms with Gasteiger partial charge >= 0.3 is 0 Å². The van der Waals surface area contributed by atoms with Crippen molar-refractivity contribution in [1.29, 1.82) is 0 Å². The lowest BCUT2D eigenvalue weighted by molar-refractivity contribution is -0.118. The number of fused-ring (bicyclic) bond motifs is 1. The first-order valence-electron chi connectivity index (χ1n) is 8.79. The van der Waals surface area contributed by atoms with E-state index in [1.807, 2.05) is 43.9 Å². The minimum absolute atomic E-state index is 0.0574. The lowest BCUT2D eigenvalue weighted by Crippen LogP contribution is -2.40. The lowest BCUT2D eigenvalue weighted by Gasteiger charge is -2.25. The van der Waals surface area contributed by atoms with E-state index < -0.39 is 0 Å². The average molecular weight is 401 g/mol.